The van der Waals surface area contributed by atoms with Crippen LogP contribution in [-0.4, -0.2) is 17.1 Å². The Bertz CT molecular complexity index is 471. The number of nitrogens with two attached hydrogens (primary N) is 1. The summed E-state index contributed by atoms with van der Waals surface area (Å²) in [5.41, 5.74) is 7.28. The number of ether oxygens (including phenoxy) is 1. The molecule has 4 nitrogen and oxygen atoms in total. The summed E-state index contributed by atoms with van der Waals surface area (Å²) in [5.74, 6) is 1.20. The molecule has 0 aliphatic rings. The molecule has 0 amide bonds. The third kappa shape index (κ3) is 1.88. The first-order chi connectivity index (χ1) is 7.31. The number of nitrogen functional groups attached to an aromatic ring is 1. The summed E-state index contributed by atoms with van der Waals surface area (Å²) in [7, 11) is 1.62. The number of pyridine rings is 2. The fraction of sp³-hybridized carbons (Fsp3) is 0.0909. The lowest BCUT2D eigenvalue weighted by molar-refractivity contribution is 0.415. The van der Waals surface area contributed by atoms with Crippen molar-refractivity contribution in [3.63, 3.8) is 0 Å². The lowest BCUT2D eigenvalue weighted by Gasteiger charge is -2.06. The van der Waals surface area contributed by atoms with Gasteiger partial charge in [-0.1, -0.05) is 0 Å². The Labute approximate surface area is 87.7 Å². The molecule has 0 saturated heterocycles. The lowest BCUT2D eigenvalue weighted by atomic mass is 10.1. The summed E-state index contributed by atoms with van der Waals surface area (Å²) >= 11 is 0. The number of hydrogen-bond donors (Lipinski definition) is 1. The zero-order valence-electron chi connectivity index (χ0n) is 8.34. The molecule has 2 aromatic heterocycles. The van der Waals surface area contributed by atoms with E-state index in [1.165, 1.54) is 0 Å². The van der Waals surface area contributed by atoms with Gasteiger partial charge < -0.3 is 10.5 Å². The van der Waals surface area contributed by atoms with Crippen molar-refractivity contribution >= 4 is 5.82 Å². The molecular formula is C11H11N3O. The predicted molar refractivity (Wildman–Crippen MR) is 58.4 cm³/mol. The second-order valence-corrected chi connectivity index (χ2v) is 3.02. The Morgan fingerprint density at radius 1 is 1.20 bits per heavy atom. The van der Waals surface area contributed by atoms with Crippen molar-refractivity contribution in [2.45, 2.75) is 0 Å². The van der Waals surface area contributed by atoms with Crippen LogP contribution in [0.1, 0.15) is 0 Å². The summed E-state index contributed by atoms with van der Waals surface area (Å²) in [5, 5.41) is 0. The van der Waals surface area contributed by atoms with Gasteiger partial charge in [-0.3, -0.25) is 4.98 Å². The smallest absolute Gasteiger partial charge is 0.145 e. The van der Waals surface area contributed by atoms with Crippen LogP contribution in [0.25, 0.3) is 11.3 Å². The molecule has 0 radical (unpaired) electrons. The zero-order chi connectivity index (χ0) is 10.7. The topological polar surface area (TPSA) is 61.0 Å². The Hall–Kier alpha value is -2.10. The van der Waals surface area contributed by atoms with E-state index >= 15 is 0 Å². The molecule has 0 fully saturated rings. The molecule has 0 bridgehead atoms. The van der Waals surface area contributed by atoms with E-state index in [9.17, 15) is 0 Å². The van der Waals surface area contributed by atoms with Gasteiger partial charge in [-0.15, -0.1) is 0 Å². The van der Waals surface area contributed by atoms with E-state index in [1.54, 1.807) is 25.6 Å². The van der Waals surface area contributed by atoms with Gasteiger partial charge in [0, 0.05) is 18.0 Å². The molecule has 0 aliphatic carbocycles. The lowest BCUT2D eigenvalue weighted by Crippen LogP contribution is -1.93. The predicted octanol–water partition coefficient (Wildman–Crippen LogP) is 1.73. The monoisotopic (exact) mass is 201 g/mol. The van der Waals surface area contributed by atoms with E-state index in [-0.39, 0.29) is 0 Å². The van der Waals surface area contributed by atoms with Crippen molar-refractivity contribution in [1.82, 2.24) is 9.97 Å². The highest BCUT2D eigenvalue weighted by Crippen LogP contribution is 2.27. The van der Waals surface area contributed by atoms with Gasteiger partial charge in [0.2, 0.25) is 0 Å². The van der Waals surface area contributed by atoms with Gasteiger partial charge in [0.1, 0.15) is 17.3 Å². The van der Waals surface area contributed by atoms with Crippen molar-refractivity contribution in [1.29, 1.82) is 0 Å². The van der Waals surface area contributed by atoms with Gasteiger partial charge in [-0.2, -0.15) is 0 Å². The first kappa shape index (κ1) is 9.45. The number of methoxy groups -OCH3 is 1. The average Bonchev–Trinajstić information content (AvgIpc) is 2.29. The average molecular weight is 201 g/mol. The van der Waals surface area contributed by atoms with Crippen LogP contribution >= 0.6 is 0 Å². The summed E-state index contributed by atoms with van der Waals surface area (Å²) in [6.07, 6.45) is 3.37. The van der Waals surface area contributed by atoms with E-state index in [4.69, 9.17) is 10.5 Å². The van der Waals surface area contributed by atoms with Crippen molar-refractivity contribution in [2.75, 3.05) is 12.8 Å². The second kappa shape index (κ2) is 3.96. The molecule has 2 rings (SSSR count). The van der Waals surface area contributed by atoms with Crippen molar-refractivity contribution in [3.05, 3.63) is 36.7 Å². The molecule has 0 aromatic carbocycles. The van der Waals surface area contributed by atoms with Gasteiger partial charge in [0.05, 0.1) is 7.11 Å². The third-order valence-electron chi connectivity index (χ3n) is 2.05. The SMILES string of the molecule is COc1cccnc1-c1ccnc(N)c1. The van der Waals surface area contributed by atoms with Gasteiger partial charge in [-0.05, 0) is 24.3 Å². The summed E-state index contributed by atoms with van der Waals surface area (Å²) < 4.78 is 5.22. The second-order valence-electron chi connectivity index (χ2n) is 3.02. The molecule has 0 saturated carbocycles. The number of rotatable bonds is 2. The van der Waals surface area contributed by atoms with Crippen LogP contribution < -0.4 is 10.5 Å². The molecule has 0 unspecified atom stereocenters. The minimum absolute atomic E-state index is 0.472. The minimum atomic E-state index is 0.472. The minimum Gasteiger partial charge on any atom is -0.494 e. The molecular weight excluding hydrogens is 190 g/mol. The maximum atomic E-state index is 5.61. The van der Waals surface area contributed by atoms with E-state index in [0.29, 0.717) is 5.82 Å². The standard InChI is InChI=1S/C11H11N3O/c1-15-9-3-2-5-14-11(9)8-4-6-13-10(12)7-8/h2-7H,1H3,(H2,12,13). The Balaban J connectivity index is 2.53. The Morgan fingerprint density at radius 3 is 2.80 bits per heavy atom. The molecule has 2 aromatic rings. The fourth-order valence-corrected chi connectivity index (χ4v) is 1.37. The molecule has 0 aliphatic heterocycles. The quantitative estimate of drug-likeness (QED) is 0.803. The molecule has 2 heterocycles. The highest BCUT2D eigenvalue weighted by Gasteiger charge is 2.06. The van der Waals surface area contributed by atoms with Crippen LogP contribution in [0, 0.1) is 0 Å². The first-order valence-electron chi connectivity index (χ1n) is 4.52. The van der Waals surface area contributed by atoms with Crippen molar-refractivity contribution < 1.29 is 4.74 Å². The molecule has 76 valence electrons. The highest BCUT2D eigenvalue weighted by atomic mass is 16.5. The van der Waals surface area contributed by atoms with Gasteiger partial charge in [0.15, 0.2) is 0 Å². The van der Waals surface area contributed by atoms with Crippen LogP contribution in [0.4, 0.5) is 5.82 Å². The van der Waals surface area contributed by atoms with Crippen molar-refractivity contribution in [2.24, 2.45) is 0 Å². The van der Waals surface area contributed by atoms with E-state index in [1.807, 2.05) is 18.2 Å². The number of anilines is 1. The van der Waals surface area contributed by atoms with E-state index < -0.39 is 0 Å². The Kier molecular flexibility index (Phi) is 2.49. The third-order valence-corrected chi connectivity index (χ3v) is 2.05. The number of hydrogen-bond acceptors (Lipinski definition) is 4. The molecule has 0 spiro atoms. The van der Waals surface area contributed by atoms with E-state index in [2.05, 4.69) is 9.97 Å². The first-order valence-corrected chi connectivity index (χ1v) is 4.52. The molecule has 15 heavy (non-hydrogen) atoms. The number of aromatic nitrogens is 2. The van der Waals surface area contributed by atoms with Crippen molar-refractivity contribution in [3.8, 4) is 17.0 Å². The highest BCUT2D eigenvalue weighted by molar-refractivity contribution is 5.67. The summed E-state index contributed by atoms with van der Waals surface area (Å²) in [4.78, 5) is 8.18. The van der Waals surface area contributed by atoms with Crippen LogP contribution in [0.2, 0.25) is 0 Å². The Morgan fingerprint density at radius 2 is 2.07 bits per heavy atom. The van der Waals surface area contributed by atoms with Gasteiger partial charge >= 0.3 is 0 Å². The molecule has 0 atom stereocenters. The summed E-state index contributed by atoms with van der Waals surface area (Å²) in [6.45, 7) is 0. The van der Waals surface area contributed by atoms with E-state index in [0.717, 1.165) is 17.0 Å². The zero-order valence-corrected chi connectivity index (χ0v) is 8.34. The normalized spacial score (nSPS) is 9.93. The largest absolute Gasteiger partial charge is 0.494 e. The molecule has 4 heteroatoms. The molecule has 2 N–H and O–H groups in total. The fourth-order valence-electron chi connectivity index (χ4n) is 1.37. The van der Waals surface area contributed by atoms with Gasteiger partial charge in [-0.25, -0.2) is 4.98 Å². The van der Waals surface area contributed by atoms with Crippen LogP contribution in [0.15, 0.2) is 36.7 Å². The van der Waals surface area contributed by atoms with Crippen LogP contribution in [0.3, 0.4) is 0 Å². The maximum absolute atomic E-state index is 5.61. The maximum Gasteiger partial charge on any atom is 0.145 e. The summed E-state index contributed by atoms with van der Waals surface area (Å²) in [6, 6.07) is 7.30. The van der Waals surface area contributed by atoms with Crippen LogP contribution in [-0.2, 0) is 0 Å². The van der Waals surface area contributed by atoms with Crippen LogP contribution in [0.5, 0.6) is 5.75 Å². The number of nitrogens with zero attached hydrogens (tertiary/aromatic N) is 2. The van der Waals surface area contributed by atoms with Gasteiger partial charge in [0.25, 0.3) is 0 Å².